The fourth-order valence-electron chi connectivity index (χ4n) is 3.89. The van der Waals surface area contributed by atoms with Crippen molar-refractivity contribution in [1.29, 1.82) is 0 Å². The summed E-state index contributed by atoms with van der Waals surface area (Å²) < 4.78 is 6.84. The van der Waals surface area contributed by atoms with E-state index in [9.17, 15) is 0 Å². The highest BCUT2D eigenvalue weighted by molar-refractivity contribution is 6.80. The Kier molecular flexibility index (Phi) is 4.79. The fourth-order valence-corrected chi connectivity index (χ4v) is 10.3. The summed E-state index contributed by atoms with van der Waals surface area (Å²) in [5.74, 6) is 1.38. The van der Waals surface area contributed by atoms with Crippen molar-refractivity contribution in [3.05, 3.63) is 12.2 Å². The molecule has 0 spiro atoms. The van der Waals surface area contributed by atoms with Gasteiger partial charge in [0, 0.05) is 0 Å². The first-order chi connectivity index (χ1) is 8.46. The first kappa shape index (κ1) is 17.0. The van der Waals surface area contributed by atoms with E-state index in [4.69, 9.17) is 4.43 Å². The van der Waals surface area contributed by atoms with E-state index in [0.717, 1.165) is 0 Å². The maximum absolute atomic E-state index is 6.84. The average Bonchev–Trinajstić information content (AvgIpc) is 2.57. The summed E-state index contributed by atoms with van der Waals surface area (Å²) in [6.07, 6.45) is 4.78. The van der Waals surface area contributed by atoms with Crippen molar-refractivity contribution in [2.45, 2.75) is 84.5 Å². The van der Waals surface area contributed by atoms with Crippen LogP contribution in [0, 0.1) is 11.8 Å². The third-order valence-corrected chi connectivity index (χ3v) is 11.5. The highest BCUT2D eigenvalue weighted by atomic mass is 28.4. The quantitative estimate of drug-likeness (QED) is 0.461. The monoisotopic (exact) mass is 282 g/mol. The molecule has 19 heavy (non-hydrogen) atoms. The second-order valence-electron chi connectivity index (χ2n) is 8.55. The van der Waals surface area contributed by atoms with E-state index in [1.807, 2.05) is 0 Å². The molecule has 0 aromatic heterocycles. The maximum Gasteiger partial charge on any atom is 0.204 e. The average molecular weight is 283 g/mol. The molecular weight excluding hydrogens is 248 g/mol. The lowest BCUT2D eigenvalue weighted by atomic mass is 9.92. The predicted molar refractivity (Wildman–Crippen MR) is 88.0 cm³/mol. The normalized spacial score (nSPS) is 28.5. The van der Waals surface area contributed by atoms with E-state index >= 15 is 0 Å². The van der Waals surface area contributed by atoms with Crippen LogP contribution in [0.1, 0.15) is 62.3 Å². The molecule has 1 heterocycles. The molecule has 0 saturated carbocycles. The van der Waals surface area contributed by atoms with Gasteiger partial charge in [-0.3, -0.25) is 0 Å². The molecule has 0 N–H and O–H groups in total. The third-order valence-electron chi connectivity index (χ3n) is 4.94. The van der Waals surface area contributed by atoms with Crippen LogP contribution in [0.3, 0.4) is 0 Å². The second-order valence-corrected chi connectivity index (χ2v) is 13.8. The summed E-state index contributed by atoms with van der Waals surface area (Å²) in [5.41, 5.74) is 0. The summed E-state index contributed by atoms with van der Waals surface area (Å²) in [6, 6.07) is 1.30. The van der Waals surface area contributed by atoms with E-state index < -0.39 is 8.32 Å². The van der Waals surface area contributed by atoms with Crippen molar-refractivity contribution in [3.63, 3.8) is 0 Å². The number of hydrogen-bond donors (Lipinski definition) is 0. The molecule has 0 unspecified atom stereocenters. The molecule has 1 fully saturated rings. The zero-order valence-corrected chi connectivity index (χ0v) is 15.5. The molecule has 0 amide bonds. The third kappa shape index (κ3) is 3.00. The summed E-state index contributed by atoms with van der Waals surface area (Å²) in [7, 11) is -1.81. The lowest BCUT2D eigenvalue weighted by molar-refractivity contribution is 0.181. The van der Waals surface area contributed by atoms with Gasteiger partial charge in [0.15, 0.2) is 0 Å². The van der Waals surface area contributed by atoms with Gasteiger partial charge in [-0.15, -0.1) is 0 Å². The smallest absolute Gasteiger partial charge is 0.204 e. The highest BCUT2D eigenvalue weighted by Gasteiger charge is 2.61. The summed E-state index contributed by atoms with van der Waals surface area (Å²) in [4.78, 5) is 0. The molecule has 1 rings (SSSR count). The lowest BCUT2D eigenvalue weighted by Gasteiger charge is -2.48. The van der Waals surface area contributed by atoms with Crippen molar-refractivity contribution in [3.8, 4) is 0 Å². The van der Waals surface area contributed by atoms with Crippen molar-refractivity contribution in [2.24, 2.45) is 11.8 Å². The number of rotatable bonds is 2. The van der Waals surface area contributed by atoms with Gasteiger partial charge < -0.3 is 4.43 Å². The molecule has 0 aromatic rings. The van der Waals surface area contributed by atoms with Crippen molar-refractivity contribution >= 4 is 8.32 Å². The van der Waals surface area contributed by atoms with Crippen LogP contribution in [0.15, 0.2) is 12.2 Å². The van der Waals surface area contributed by atoms with Crippen LogP contribution in [-0.4, -0.2) is 14.4 Å². The van der Waals surface area contributed by atoms with Crippen molar-refractivity contribution in [2.75, 3.05) is 0 Å². The molecule has 1 aliphatic heterocycles. The van der Waals surface area contributed by atoms with Crippen molar-refractivity contribution < 1.29 is 4.43 Å². The predicted octanol–water partition coefficient (Wildman–Crippen LogP) is 5.78. The van der Waals surface area contributed by atoms with Crippen LogP contribution in [0.4, 0.5) is 0 Å². The van der Waals surface area contributed by atoms with Gasteiger partial charge >= 0.3 is 0 Å². The van der Waals surface area contributed by atoms with Crippen LogP contribution < -0.4 is 0 Å². The largest absolute Gasteiger partial charge is 0.409 e. The van der Waals surface area contributed by atoms with Gasteiger partial charge in [0.05, 0.1) is 6.10 Å². The Balaban J connectivity index is 3.24. The van der Waals surface area contributed by atoms with Crippen LogP contribution in [0.25, 0.3) is 0 Å². The lowest BCUT2D eigenvalue weighted by Crippen LogP contribution is -2.52. The van der Waals surface area contributed by atoms with Gasteiger partial charge in [0.2, 0.25) is 8.32 Å². The minimum atomic E-state index is -1.81. The second kappa shape index (κ2) is 5.36. The van der Waals surface area contributed by atoms with Gasteiger partial charge in [-0.2, -0.15) is 0 Å². The molecule has 0 bridgehead atoms. The number of hydrogen-bond acceptors (Lipinski definition) is 1. The Hall–Kier alpha value is -0.0831. The van der Waals surface area contributed by atoms with Crippen LogP contribution in [0.5, 0.6) is 0 Å². The molecule has 1 saturated heterocycles. The van der Waals surface area contributed by atoms with Gasteiger partial charge in [-0.25, -0.2) is 0 Å². The van der Waals surface area contributed by atoms with Gasteiger partial charge in [-0.1, -0.05) is 67.5 Å². The molecule has 1 aliphatic rings. The first-order valence-electron chi connectivity index (χ1n) is 7.77. The van der Waals surface area contributed by atoms with Crippen LogP contribution >= 0.6 is 0 Å². The Labute approximate surface area is 122 Å². The fraction of sp³-hybridized carbons (Fsp3) is 0.882. The van der Waals surface area contributed by atoms with Gasteiger partial charge in [0.25, 0.3) is 0 Å². The van der Waals surface area contributed by atoms with E-state index in [2.05, 4.69) is 74.5 Å². The molecule has 112 valence electrons. The zero-order chi connectivity index (χ0) is 15.1. The Morgan fingerprint density at radius 1 is 1.05 bits per heavy atom. The van der Waals surface area contributed by atoms with E-state index in [-0.39, 0.29) is 10.1 Å². The Morgan fingerprint density at radius 2 is 1.53 bits per heavy atom. The minimum Gasteiger partial charge on any atom is -0.409 e. The van der Waals surface area contributed by atoms with E-state index in [1.165, 1.54) is 6.04 Å². The molecule has 1 nitrogen and oxygen atoms in total. The molecule has 0 aliphatic carbocycles. The topological polar surface area (TPSA) is 9.23 Å². The molecule has 0 radical (unpaired) electrons. The van der Waals surface area contributed by atoms with Crippen molar-refractivity contribution in [1.82, 2.24) is 0 Å². The maximum atomic E-state index is 6.84. The summed E-state index contributed by atoms with van der Waals surface area (Å²) in [5, 5.41) is 0.573. The zero-order valence-electron chi connectivity index (χ0n) is 14.5. The van der Waals surface area contributed by atoms with E-state index in [0.29, 0.717) is 17.9 Å². The SMILES string of the molecule is C/C=C/[C@H]1O[Si](C(C)(C)C)(C(C)(C)C)C[C@@H]1C(C)C. The van der Waals surface area contributed by atoms with Crippen LogP contribution in [-0.2, 0) is 4.43 Å². The molecule has 2 heteroatoms. The van der Waals surface area contributed by atoms with Gasteiger partial charge in [0.1, 0.15) is 0 Å². The van der Waals surface area contributed by atoms with Crippen LogP contribution in [0.2, 0.25) is 16.1 Å². The molecule has 0 aromatic carbocycles. The molecular formula is C17H34OSi. The van der Waals surface area contributed by atoms with E-state index in [1.54, 1.807) is 0 Å². The van der Waals surface area contributed by atoms with Gasteiger partial charge in [-0.05, 0) is 34.9 Å². The highest BCUT2D eigenvalue weighted by Crippen LogP contribution is 2.60. The Bertz CT molecular complexity index is 316. The Morgan fingerprint density at radius 3 is 1.84 bits per heavy atom. The first-order valence-corrected chi connectivity index (χ1v) is 9.88. The summed E-state index contributed by atoms with van der Waals surface area (Å²) in [6.45, 7) is 21.1. The standard InChI is InChI=1S/C17H34OSi/c1-10-11-15-14(13(2)3)12-19(18-15,16(4,5)6)17(7,8)9/h10-11,13-15H,12H2,1-9H3/b11-10+/t14-,15-/m1/s1. The molecule has 2 atom stereocenters. The summed E-state index contributed by atoms with van der Waals surface area (Å²) >= 11 is 0. The number of allylic oxidation sites excluding steroid dienone is 1. The minimum absolute atomic E-state index is 0.286.